The quantitative estimate of drug-likeness (QED) is 0.806. The zero-order valence-electron chi connectivity index (χ0n) is 11.5. The molecular formula is C13H14ClFN2O3S. The number of hydrogen-bond donors (Lipinski definition) is 0. The summed E-state index contributed by atoms with van der Waals surface area (Å²) >= 11 is 0. The van der Waals surface area contributed by atoms with E-state index in [1.165, 1.54) is 21.7 Å². The monoisotopic (exact) mass is 332 g/mol. The number of carbonyl (C=O) groups is 1. The minimum Gasteiger partial charge on any atom is -0.344 e. The number of rotatable bonds is 4. The van der Waals surface area contributed by atoms with Crippen molar-refractivity contribution in [1.29, 1.82) is 0 Å². The second-order valence-electron chi connectivity index (χ2n) is 4.60. The summed E-state index contributed by atoms with van der Waals surface area (Å²) < 4.78 is 38.5. The van der Waals surface area contributed by atoms with E-state index in [1.54, 1.807) is 13.1 Å². The third-order valence-electron chi connectivity index (χ3n) is 3.29. The van der Waals surface area contributed by atoms with E-state index in [0.717, 1.165) is 6.07 Å². The van der Waals surface area contributed by atoms with E-state index in [1.807, 2.05) is 6.92 Å². The summed E-state index contributed by atoms with van der Waals surface area (Å²) in [4.78, 5) is 13.1. The van der Waals surface area contributed by atoms with Crippen LogP contribution in [0.1, 0.15) is 6.92 Å². The third kappa shape index (κ3) is 3.03. The molecule has 114 valence electrons. The van der Waals surface area contributed by atoms with Gasteiger partial charge in [-0.2, -0.15) is 0 Å². The molecule has 0 saturated heterocycles. The van der Waals surface area contributed by atoms with Crippen LogP contribution in [0.4, 0.5) is 4.39 Å². The molecule has 1 aromatic carbocycles. The number of benzene rings is 1. The molecule has 2 aromatic rings. The van der Waals surface area contributed by atoms with Crippen LogP contribution in [-0.2, 0) is 20.4 Å². The van der Waals surface area contributed by atoms with Gasteiger partial charge in [-0.15, -0.1) is 0 Å². The molecule has 1 aromatic heterocycles. The number of amides is 1. The molecule has 1 heterocycles. The predicted octanol–water partition coefficient (Wildman–Crippen LogP) is 2.19. The Balaban J connectivity index is 2.61. The number of fused-ring (bicyclic) bond motifs is 1. The van der Waals surface area contributed by atoms with E-state index in [0.29, 0.717) is 12.1 Å². The van der Waals surface area contributed by atoms with Gasteiger partial charge in [0.05, 0.1) is 10.9 Å². The van der Waals surface area contributed by atoms with E-state index in [2.05, 4.69) is 0 Å². The highest BCUT2D eigenvalue weighted by atomic mass is 35.7. The summed E-state index contributed by atoms with van der Waals surface area (Å²) in [6, 6.07) is 4.15. The second-order valence-corrected chi connectivity index (χ2v) is 7.14. The molecule has 0 aliphatic rings. The van der Waals surface area contributed by atoms with Gasteiger partial charge in [0.2, 0.25) is 5.91 Å². The van der Waals surface area contributed by atoms with Crippen LogP contribution >= 0.6 is 10.7 Å². The highest BCUT2D eigenvalue weighted by molar-refractivity contribution is 8.14. The lowest BCUT2D eigenvalue weighted by Gasteiger charge is -2.15. The van der Waals surface area contributed by atoms with Crippen LogP contribution in [0.15, 0.2) is 29.3 Å². The lowest BCUT2D eigenvalue weighted by atomic mass is 10.2. The van der Waals surface area contributed by atoms with Crippen LogP contribution in [0.5, 0.6) is 0 Å². The number of nitrogens with zero attached hydrogens (tertiary/aromatic N) is 2. The molecule has 0 unspecified atom stereocenters. The summed E-state index contributed by atoms with van der Waals surface area (Å²) in [6.07, 6.45) is 1.19. The molecule has 2 rings (SSSR count). The average molecular weight is 333 g/mol. The first kappa shape index (κ1) is 15.8. The highest BCUT2D eigenvalue weighted by Crippen LogP contribution is 2.30. The number of halogens is 2. The molecule has 0 radical (unpaired) electrons. The summed E-state index contributed by atoms with van der Waals surface area (Å²) in [7, 11) is 2.87. The fourth-order valence-corrected chi connectivity index (χ4v) is 3.08. The molecule has 8 heteroatoms. The van der Waals surface area contributed by atoms with Crippen molar-refractivity contribution in [3.8, 4) is 0 Å². The lowest BCUT2D eigenvalue weighted by molar-refractivity contribution is -0.130. The summed E-state index contributed by atoms with van der Waals surface area (Å²) in [5.41, 5.74) is 0.312. The number of carbonyl (C=O) groups excluding carboxylic acids is 1. The van der Waals surface area contributed by atoms with Crippen LogP contribution < -0.4 is 0 Å². The van der Waals surface area contributed by atoms with Crippen molar-refractivity contribution in [2.24, 2.45) is 0 Å². The molecule has 5 nitrogen and oxygen atoms in total. The minimum absolute atomic E-state index is 0.0866. The van der Waals surface area contributed by atoms with E-state index in [4.69, 9.17) is 10.7 Å². The normalized spacial score (nSPS) is 11.8. The van der Waals surface area contributed by atoms with Gasteiger partial charge in [0.15, 0.2) is 0 Å². The van der Waals surface area contributed by atoms with Gasteiger partial charge in [0.25, 0.3) is 9.05 Å². The molecule has 21 heavy (non-hydrogen) atoms. The molecule has 0 spiro atoms. The standard InChI is InChI=1S/C13H14ClFN2O3S/c1-3-16(2)12(18)8-17-7-11(21(14,19)20)13-9(15)5-4-6-10(13)17/h4-7H,3,8H2,1-2H3. The third-order valence-corrected chi connectivity index (χ3v) is 4.62. The smallest absolute Gasteiger partial charge is 0.263 e. The molecule has 1 amide bonds. The van der Waals surface area contributed by atoms with Crippen LogP contribution in [0.2, 0.25) is 0 Å². The first-order valence-electron chi connectivity index (χ1n) is 6.21. The fraction of sp³-hybridized carbons (Fsp3) is 0.308. The van der Waals surface area contributed by atoms with Crippen molar-refractivity contribution < 1.29 is 17.6 Å². The van der Waals surface area contributed by atoms with Crippen LogP contribution in [0.25, 0.3) is 10.9 Å². The maximum absolute atomic E-state index is 13.9. The van der Waals surface area contributed by atoms with E-state index >= 15 is 0 Å². The zero-order valence-corrected chi connectivity index (χ0v) is 13.1. The predicted molar refractivity (Wildman–Crippen MR) is 78.2 cm³/mol. The van der Waals surface area contributed by atoms with Gasteiger partial charge in [-0.1, -0.05) is 6.07 Å². The molecule has 0 fully saturated rings. The highest BCUT2D eigenvalue weighted by Gasteiger charge is 2.22. The Morgan fingerprint density at radius 1 is 1.43 bits per heavy atom. The minimum atomic E-state index is -4.11. The molecule has 0 saturated carbocycles. The van der Waals surface area contributed by atoms with Gasteiger partial charge in [0, 0.05) is 30.5 Å². The first-order valence-corrected chi connectivity index (χ1v) is 8.52. The van der Waals surface area contributed by atoms with Crippen molar-refractivity contribution >= 4 is 36.5 Å². The topological polar surface area (TPSA) is 59.4 Å². The molecule has 0 bridgehead atoms. The largest absolute Gasteiger partial charge is 0.344 e. The summed E-state index contributed by atoms with van der Waals surface area (Å²) in [5, 5.41) is -0.0977. The Morgan fingerprint density at radius 3 is 2.67 bits per heavy atom. The van der Waals surface area contributed by atoms with E-state index in [-0.39, 0.29) is 22.7 Å². The van der Waals surface area contributed by atoms with Gasteiger partial charge in [-0.25, -0.2) is 12.8 Å². The van der Waals surface area contributed by atoms with Gasteiger partial charge in [0.1, 0.15) is 17.3 Å². The van der Waals surface area contributed by atoms with Crippen molar-refractivity contribution in [3.63, 3.8) is 0 Å². The van der Waals surface area contributed by atoms with Crippen molar-refractivity contribution in [1.82, 2.24) is 9.47 Å². The molecular weight excluding hydrogens is 319 g/mol. The molecule has 0 aliphatic carbocycles. The van der Waals surface area contributed by atoms with Crippen LogP contribution in [-0.4, -0.2) is 37.4 Å². The van der Waals surface area contributed by atoms with Crippen molar-refractivity contribution in [3.05, 3.63) is 30.2 Å². The number of aromatic nitrogens is 1. The Kier molecular flexibility index (Phi) is 4.25. The molecule has 0 atom stereocenters. The average Bonchev–Trinajstić information content (AvgIpc) is 2.78. The SMILES string of the molecule is CCN(C)C(=O)Cn1cc(S(=O)(=O)Cl)c2c(F)cccc21. The fourth-order valence-electron chi connectivity index (χ4n) is 2.03. The van der Waals surface area contributed by atoms with Crippen LogP contribution in [0, 0.1) is 5.82 Å². The lowest BCUT2D eigenvalue weighted by Crippen LogP contribution is -2.29. The number of hydrogen-bond acceptors (Lipinski definition) is 3. The van der Waals surface area contributed by atoms with Crippen LogP contribution in [0.3, 0.4) is 0 Å². The zero-order chi connectivity index (χ0) is 15.8. The van der Waals surface area contributed by atoms with Gasteiger partial charge >= 0.3 is 0 Å². The number of likely N-dealkylation sites (N-methyl/N-ethyl adjacent to an activating group) is 1. The maximum atomic E-state index is 13.9. The molecule has 0 N–H and O–H groups in total. The van der Waals surface area contributed by atoms with Gasteiger partial charge in [-0.3, -0.25) is 4.79 Å². The summed E-state index contributed by atoms with van der Waals surface area (Å²) in [6.45, 7) is 2.25. The van der Waals surface area contributed by atoms with E-state index < -0.39 is 14.9 Å². The Labute approximate surface area is 126 Å². The maximum Gasteiger partial charge on any atom is 0.263 e. The summed E-state index contributed by atoms with van der Waals surface area (Å²) in [5.74, 6) is -0.904. The van der Waals surface area contributed by atoms with E-state index in [9.17, 15) is 17.6 Å². The van der Waals surface area contributed by atoms with Gasteiger partial charge in [-0.05, 0) is 19.1 Å². The van der Waals surface area contributed by atoms with Gasteiger partial charge < -0.3 is 9.47 Å². The van der Waals surface area contributed by atoms with Crippen molar-refractivity contribution in [2.45, 2.75) is 18.4 Å². The Morgan fingerprint density at radius 2 is 2.10 bits per heavy atom. The molecule has 0 aliphatic heterocycles. The van der Waals surface area contributed by atoms with Crippen molar-refractivity contribution in [2.75, 3.05) is 13.6 Å². The first-order chi connectivity index (χ1) is 9.75. The Hall–Kier alpha value is -1.60. The Bertz CT molecular complexity index is 801. The second kappa shape index (κ2) is 5.65.